The van der Waals surface area contributed by atoms with Gasteiger partial charge in [0.05, 0.1) is 19.2 Å². The number of aliphatic carboxylic acids is 1. The van der Waals surface area contributed by atoms with Gasteiger partial charge in [-0.1, -0.05) is 22.9 Å². The summed E-state index contributed by atoms with van der Waals surface area (Å²) in [4.78, 5) is 27.5. The summed E-state index contributed by atoms with van der Waals surface area (Å²) in [6.07, 6.45) is 1.57. The van der Waals surface area contributed by atoms with E-state index in [1.54, 1.807) is 19.2 Å². The number of carboxylic acids is 1. The molecular weight excluding hydrogens is 376 g/mol. The van der Waals surface area contributed by atoms with Crippen molar-refractivity contribution in [2.45, 2.75) is 25.8 Å². The van der Waals surface area contributed by atoms with E-state index in [-0.39, 0.29) is 18.5 Å². The first-order valence-corrected chi connectivity index (χ1v) is 8.84. The van der Waals surface area contributed by atoms with Crippen molar-refractivity contribution in [2.75, 3.05) is 33.3 Å². The van der Waals surface area contributed by atoms with Crippen LogP contribution in [0.25, 0.3) is 0 Å². The lowest BCUT2D eigenvalue weighted by molar-refractivity contribution is -0.139. The molecule has 6 nitrogen and oxygen atoms in total. The number of likely N-dealkylation sites (N-methyl/N-ethyl adjacent to an activating group) is 1. The SMILES string of the molecule is CCN(CC(=O)O)C1CCN(C(=O)c2ccc(Br)cc2OC)CC1. The molecule has 1 fully saturated rings. The fourth-order valence-corrected chi connectivity index (χ4v) is 3.46. The first-order valence-electron chi connectivity index (χ1n) is 8.05. The summed E-state index contributed by atoms with van der Waals surface area (Å²) in [5, 5.41) is 8.99. The van der Waals surface area contributed by atoms with Gasteiger partial charge in [-0.15, -0.1) is 0 Å². The van der Waals surface area contributed by atoms with Crippen LogP contribution < -0.4 is 4.74 Å². The van der Waals surface area contributed by atoms with Gasteiger partial charge in [-0.2, -0.15) is 0 Å². The highest BCUT2D eigenvalue weighted by atomic mass is 79.9. The van der Waals surface area contributed by atoms with Crippen LogP contribution in [0.1, 0.15) is 30.1 Å². The van der Waals surface area contributed by atoms with E-state index in [1.807, 2.05) is 22.8 Å². The van der Waals surface area contributed by atoms with E-state index >= 15 is 0 Å². The summed E-state index contributed by atoms with van der Waals surface area (Å²) >= 11 is 3.38. The molecule has 1 saturated heterocycles. The van der Waals surface area contributed by atoms with Gasteiger partial charge in [-0.3, -0.25) is 14.5 Å². The second-order valence-corrected chi connectivity index (χ2v) is 6.74. The molecule has 2 rings (SSSR count). The van der Waals surface area contributed by atoms with E-state index in [1.165, 1.54) is 0 Å². The molecule has 0 atom stereocenters. The number of piperidine rings is 1. The molecule has 0 bridgehead atoms. The smallest absolute Gasteiger partial charge is 0.317 e. The molecule has 24 heavy (non-hydrogen) atoms. The fourth-order valence-electron chi connectivity index (χ4n) is 3.12. The average Bonchev–Trinajstić information content (AvgIpc) is 2.59. The number of carboxylic acid groups (broad SMARTS) is 1. The summed E-state index contributed by atoms with van der Waals surface area (Å²) < 4.78 is 6.17. The van der Waals surface area contributed by atoms with Crippen molar-refractivity contribution in [1.82, 2.24) is 9.80 Å². The number of likely N-dealkylation sites (tertiary alicyclic amines) is 1. The Morgan fingerprint density at radius 3 is 2.58 bits per heavy atom. The third kappa shape index (κ3) is 4.48. The maximum atomic E-state index is 12.7. The van der Waals surface area contributed by atoms with Gasteiger partial charge in [-0.25, -0.2) is 0 Å². The lowest BCUT2D eigenvalue weighted by Crippen LogP contribution is -2.48. The predicted molar refractivity (Wildman–Crippen MR) is 94.5 cm³/mol. The van der Waals surface area contributed by atoms with Crippen molar-refractivity contribution < 1.29 is 19.4 Å². The zero-order valence-corrected chi connectivity index (χ0v) is 15.6. The number of ether oxygens (including phenoxy) is 1. The van der Waals surface area contributed by atoms with Crippen LogP contribution in [0.4, 0.5) is 0 Å². The van der Waals surface area contributed by atoms with Gasteiger partial charge >= 0.3 is 5.97 Å². The average molecular weight is 399 g/mol. The molecule has 1 amide bonds. The molecule has 1 aromatic rings. The van der Waals surface area contributed by atoms with Crippen molar-refractivity contribution in [2.24, 2.45) is 0 Å². The van der Waals surface area contributed by atoms with E-state index in [9.17, 15) is 9.59 Å². The van der Waals surface area contributed by atoms with E-state index in [0.29, 0.717) is 30.9 Å². The summed E-state index contributed by atoms with van der Waals surface area (Å²) in [6, 6.07) is 5.59. The molecule has 0 aliphatic carbocycles. The van der Waals surface area contributed by atoms with Crippen LogP contribution in [0.5, 0.6) is 5.75 Å². The minimum Gasteiger partial charge on any atom is -0.496 e. The first-order chi connectivity index (χ1) is 11.5. The molecule has 0 spiro atoms. The maximum absolute atomic E-state index is 12.7. The Balaban J connectivity index is 2.01. The Kier molecular flexibility index (Phi) is 6.62. The number of hydrogen-bond acceptors (Lipinski definition) is 4. The highest BCUT2D eigenvalue weighted by molar-refractivity contribution is 9.10. The highest BCUT2D eigenvalue weighted by Gasteiger charge is 2.28. The van der Waals surface area contributed by atoms with Crippen molar-refractivity contribution in [1.29, 1.82) is 0 Å². The number of carbonyl (C=O) groups excluding carboxylic acids is 1. The zero-order valence-electron chi connectivity index (χ0n) is 14.0. The van der Waals surface area contributed by atoms with Crippen molar-refractivity contribution in [3.8, 4) is 5.75 Å². The largest absolute Gasteiger partial charge is 0.496 e. The number of halogens is 1. The van der Waals surface area contributed by atoms with Crippen LogP contribution >= 0.6 is 15.9 Å². The molecule has 7 heteroatoms. The molecule has 1 aliphatic rings. The first kappa shape index (κ1) is 18.7. The molecule has 0 unspecified atom stereocenters. The topological polar surface area (TPSA) is 70.1 Å². The van der Waals surface area contributed by atoms with E-state index in [0.717, 1.165) is 17.3 Å². The number of hydrogen-bond donors (Lipinski definition) is 1. The lowest BCUT2D eigenvalue weighted by Gasteiger charge is -2.37. The van der Waals surface area contributed by atoms with Crippen LogP contribution in [0, 0.1) is 0 Å². The lowest BCUT2D eigenvalue weighted by atomic mass is 10.0. The fraction of sp³-hybridized carbons (Fsp3) is 0.529. The van der Waals surface area contributed by atoms with Gasteiger partial charge in [0.2, 0.25) is 0 Å². The monoisotopic (exact) mass is 398 g/mol. The third-order valence-electron chi connectivity index (χ3n) is 4.41. The number of nitrogens with zero attached hydrogens (tertiary/aromatic N) is 2. The second-order valence-electron chi connectivity index (χ2n) is 5.82. The maximum Gasteiger partial charge on any atom is 0.317 e. The minimum atomic E-state index is -0.810. The van der Waals surface area contributed by atoms with E-state index < -0.39 is 5.97 Å². The van der Waals surface area contributed by atoms with E-state index in [2.05, 4.69) is 15.9 Å². The molecule has 1 heterocycles. The van der Waals surface area contributed by atoms with Crippen molar-refractivity contribution >= 4 is 27.8 Å². The van der Waals surface area contributed by atoms with E-state index in [4.69, 9.17) is 9.84 Å². The number of carbonyl (C=O) groups is 2. The van der Waals surface area contributed by atoms with Gasteiger partial charge in [0.25, 0.3) is 5.91 Å². The zero-order chi connectivity index (χ0) is 17.7. The number of amides is 1. The summed E-state index contributed by atoms with van der Waals surface area (Å²) in [5.41, 5.74) is 0.553. The standard InChI is InChI=1S/C17H23BrN2O4/c1-3-19(11-16(21)22)13-6-8-20(9-7-13)17(23)14-5-4-12(18)10-15(14)24-2/h4-5,10,13H,3,6-9,11H2,1-2H3,(H,21,22). The Labute approximate surface area is 150 Å². The van der Waals surface area contributed by atoms with Crippen LogP contribution in [0.3, 0.4) is 0 Å². The molecule has 1 aromatic carbocycles. The number of methoxy groups -OCH3 is 1. The Bertz CT molecular complexity index is 600. The minimum absolute atomic E-state index is 0.0425. The van der Waals surface area contributed by atoms with Crippen LogP contribution in [-0.4, -0.2) is 66.1 Å². The Morgan fingerprint density at radius 2 is 2.04 bits per heavy atom. The van der Waals surface area contributed by atoms with Crippen molar-refractivity contribution in [3.05, 3.63) is 28.2 Å². The third-order valence-corrected chi connectivity index (χ3v) is 4.90. The van der Waals surface area contributed by atoms with Gasteiger partial charge in [0.15, 0.2) is 0 Å². The van der Waals surface area contributed by atoms with Gasteiger partial charge in [0, 0.05) is 23.6 Å². The highest BCUT2D eigenvalue weighted by Crippen LogP contribution is 2.26. The quantitative estimate of drug-likeness (QED) is 0.796. The van der Waals surface area contributed by atoms with Crippen molar-refractivity contribution in [3.63, 3.8) is 0 Å². The van der Waals surface area contributed by atoms with Crippen LogP contribution in [0.15, 0.2) is 22.7 Å². The van der Waals surface area contributed by atoms with Gasteiger partial charge in [-0.05, 0) is 37.6 Å². The molecular formula is C17H23BrN2O4. The molecule has 132 valence electrons. The summed E-state index contributed by atoms with van der Waals surface area (Å²) in [7, 11) is 1.55. The van der Waals surface area contributed by atoms with Gasteiger partial charge < -0.3 is 14.7 Å². The van der Waals surface area contributed by atoms with Crippen LogP contribution in [0.2, 0.25) is 0 Å². The predicted octanol–water partition coefficient (Wildman–Crippen LogP) is 2.47. The Morgan fingerprint density at radius 1 is 1.38 bits per heavy atom. The number of rotatable bonds is 6. The number of benzene rings is 1. The molecule has 1 N–H and O–H groups in total. The molecule has 1 aliphatic heterocycles. The molecule has 0 saturated carbocycles. The Hall–Kier alpha value is -1.60. The second kappa shape index (κ2) is 8.48. The summed E-state index contributed by atoms with van der Waals surface area (Å²) in [5.74, 6) is -0.299. The van der Waals surface area contributed by atoms with Gasteiger partial charge in [0.1, 0.15) is 5.75 Å². The summed E-state index contributed by atoms with van der Waals surface area (Å²) in [6.45, 7) is 3.96. The molecule has 0 radical (unpaired) electrons. The van der Waals surface area contributed by atoms with Crippen LogP contribution in [-0.2, 0) is 4.79 Å². The normalized spacial score (nSPS) is 15.6. The molecule has 0 aromatic heterocycles.